The van der Waals surface area contributed by atoms with E-state index in [2.05, 4.69) is 10.6 Å². The third-order valence-electron chi connectivity index (χ3n) is 2.86. The fourth-order valence-electron chi connectivity index (χ4n) is 1.64. The van der Waals surface area contributed by atoms with E-state index in [1.54, 1.807) is 11.8 Å². The van der Waals surface area contributed by atoms with Crippen molar-refractivity contribution in [2.24, 2.45) is 5.92 Å². The predicted molar refractivity (Wildman–Crippen MR) is 77.0 cm³/mol. The maximum atomic E-state index is 11.6. The number of amides is 1. The maximum Gasteiger partial charge on any atom is 0.230 e. The topological polar surface area (TPSA) is 41.1 Å². The molecular weight excluding hydrogens is 268 g/mol. The van der Waals surface area contributed by atoms with Gasteiger partial charge in [-0.1, -0.05) is 23.7 Å². The van der Waals surface area contributed by atoms with Crippen LogP contribution in [0.3, 0.4) is 0 Å². The number of benzene rings is 1. The minimum absolute atomic E-state index is 0.0993. The molecule has 0 atom stereocenters. The Hall–Kier alpha value is -0.710. The molecule has 1 aliphatic rings. The molecule has 0 spiro atoms. The van der Waals surface area contributed by atoms with E-state index >= 15 is 0 Å². The first kappa shape index (κ1) is 13.7. The van der Waals surface area contributed by atoms with E-state index in [4.69, 9.17) is 11.6 Å². The number of hydrogen-bond donors (Lipinski definition) is 2. The van der Waals surface area contributed by atoms with E-state index in [-0.39, 0.29) is 5.91 Å². The number of carbonyl (C=O) groups is 1. The summed E-state index contributed by atoms with van der Waals surface area (Å²) in [6.07, 6.45) is 0. The summed E-state index contributed by atoms with van der Waals surface area (Å²) in [4.78, 5) is 11.6. The first-order chi connectivity index (χ1) is 8.74. The van der Waals surface area contributed by atoms with Gasteiger partial charge in [-0.3, -0.25) is 4.79 Å². The molecule has 0 saturated carbocycles. The van der Waals surface area contributed by atoms with Crippen molar-refractivity contribution in [1.82, 2.24) is 10.6 Å². The van der Waals surface area contributed by atoms with E-state index < -0.39 is 0 Å². The summed E-state index contributed by atoms with van der Waals surface area (Å²) in [5.74, 6) is 2.46. The fraction of sp³-hybridized carbons (Fsp3) is 0.462. The minimum atomic E-state index is 0.0993. The van der Waals surface area contributed by atoms with Crippen molar-refractivity contribution in [2.45, 2.75) is 6.54 Å². The molecule has 1 aromatic rings. The van der Waals surface area contributed by atoms with E-state index in [0.29, 0.717) is 12.3 Å². The zero-order chi connectivity index (χ0) is 12.8. The summed E-state index contributed by atoms with van der Waals surface area (Å²) in [6, 6.07) is 7.52. The highest BCUT2D eigenvalue weighted by molar-refractivity contribution is 7.99. The van der Waals surface area contributed by atoms with Gasteiger partial charge in [0.15, 0.2) is 0 Å². The van der Waals surface area contributed by atoms with Crippen molar-refractivity contribution in [3.8, 4) is 0 Å². The van der Waals surface area contributed by atoms with Crippen LogP contribution in [0.5, 0.6) is 0 Å². The highest BCUT2D eigenvalue weighted by atomic mass is 35.5. The van der Waals surface area contributed by atoms with Crippen molar-refractivity contribution in [3.63, 3.8) is 0 Å². The van der Waals surface area contributed by atoms with Gasteiger partial charge in [-0.15, -0.1) is 0 Å². The molecule has 18 heavy (non-hydrogen) atoms. The summed E-state index contributed by atoms with van der Waals surface area (Å²) in [5, 5.41) is 6.85. The highest BCUT2D eigenvalue weighted by Crippen LogP contribution is 2.12. The molecule has 0 radical (unpaired) electrons. The lowest BCUT2D eigenvalue weighted by molar-refractivity contribution is -0.118. The van der Waals surface area contributed by atoms with E-state index in [1.807, 2.05) is 24.3 Å². The van der Waals surface area contributed by atoms with Crippen molar-refractivity contribution in [2.75, 3.05) is 24.6 Å². The maximum absolute atomic E-state index is 11.6. The van der Waals surface area contributed by atoms with Gasteiger partial charge in [0, 0.05) is 11.6 Å². The Morgan fingerprint density at radius 3 is 2.72 bits per heavy atom. The molecule has 2 rings (SSSR count). The fourth-order valence-corrected chi connectivity index (χ4v) is 2.74. The number of carbonyl (C=O) groups excluding carboxylic acids is 1. The van der Waals surface area contributed by atoms with Gasteiger partial charge in [0.1, 0.15) is 0 Å². The number of hydrogen-bond acceptors (Lipinski definition) is 3. The van der Waals surface area contributed by atoms with Gasteiger partial charge in [0.05, 0.1) is 5.75 Å². The van der Waals surface area contributed by atoms with Gasteiger partial charge in [-0.25, -0.2) is 0 Å². The van der Waals surface area contributed by atoms with E-state index in [1.165, 1.54) is 0 Å². The van der Waals surface area contributed by atoms with Crippen LogP contribution < -0.4 is 10.6 Å². The van der Waals surface area contributed by atoms with Crippen molar-refractivity contribution < 1.29 is 4.79 Å². The third kappa shape index (κ3) is 4.52. The van der Waals surface area contributed by atoms with Crippen LogP contribution in [0.4, 0.5) is 0 Å². The predicted octanol–water partition coefficient (Wildman–Crippen LogP) is 1.91. The molecule has 0 bridgehead atoms. The highest BCUT2D eigenvalue weighted by Gasteiger charge is 2.16. The van der Waals surface area contributed by atoms with Crippen LogP contribution in [0.15, 0.2) is 24.3 Å². The summed E-state index contributed by atoms with van der Waals surface area (Å²) in [6.45, 7) is 2.76. The zero-order valence-electron chi connectivity index (χ0n) is 10.1. The first-order valence-corrected chi connectivity index (χ1v) is 7.57. The van der Waals surface area contributed by atoms with Gasteiger partial charge < -0.3 is 10.6 Å². The lowest BCUT2D eigenvalue weighted by atomic mass is 10.1. The smallest absolute Gasteiger partial charge is 0.230 e. The quantitative estimate of drug-likeness (QED) is 0.838. The number of halogens is 1. The van der Waals surface area contributed by atoms with Crippen LogP contribution in [0.25, 0.3) is 0 Å². The van der Waals surface area contributed by atoms with Gasteiger partial charge in [-0.2, -0.15) is 11.8 Å². The van der Waals surface area contributed by atoms with Crippen molar-refractivity contribution in [3.05, 3.63) is 34.9 Å². The van der Waals surface area contributed by atoms with Gasteiger partial charge in [0.2, 0.25) is 5.91 Å². The Kier molecular flexibility index (Phi) is 5.35. The second-order valence-corrected chi connectivity index (χ2v) is 5.91. The van der Waals surface area contributed by atoms with Crippen molar-refractivity contribution in [1.29, 1.82) is 0 Å². The molecule has 98 valence electrons. The van der Waals surface area contributed by atoms with Gasteiger partial charge in [0.25, 0.3) is 0 Å². The Balaban J connectivity index is 1.60. The molecule has 5 heteroatoms. The summed E-state index contributed by atoms with van der Waals surface area (Å²) < 4.78 is 0. The molecule has 1 aliphatic heterocycles. The van der Waals surface area contributed by atoms with Gasteiger partial charge >= 0.3 is 0 Å². The normalized spacial score (nSPS) is 15.2. The SMILES string of the molecule is O=C(CSCC1CNC1)NCc1ccc(Cl)cc1. The molecule has 1 amide bonds. The second-order valence-electron chi connectivity index (χ2n) is 4.44. The van der Waals surface area contributed by atoms with Crippen LogP contribution in [-0.2, 0) is 11.3 Å². The molecule has 1 saturated heterocycles. The first-order valence-electron chi connectivity index (χ1n) is 6.03. The second kappa shape index (κ2) is 7.02. The van der Waals surface area contributed by atoms with Crippen LogP contribution >= 0.6 is 23.4 Å². The zero-order valence-corrected chi connectivity index (χ0v) is 11.7. The lowest BCUT2D eigenvalue weighted by Gasteiger charge is -2.26. The molecule has 0 aliphatic carbocycles. The third-order valence-corrected chi connectivity index (χ3v) is 4.28. The van der Waals surface area contributed by atoms with Crippen LogP contribution in [0, 0.1) is 5.92 Å². The number of nitrogens with one attached hydrogen (secondary N) is 2. The van der Waals surface area contributed by atoms with Crippen LogP contribution in [-0.4, -0.2) is 30.5 Å². The molecule has 1 aromatic carbocycles. The number of thioether (sulfide) groups is 1. The van der Waals surface area contributed by atoms with Gasteiger partial charge in [-0.05, 0) is 42.5 Å². The molecule has 1 heterocycles. The average Bonchev–Trinajstić information content (AvgIpc) is 2.32. The average molecular weight is 285 g/mol. The molecule has 2 N–H and O–H groups in total. The molecule has 0 aromatic heterocycles. The summed E-state index contributed by atoms with van der Waals surface area (Å²) >= 11 is 7.51. The lowest BCUT2D eigenvalue weighted by Crippen LogP contribution is -2.43. The van der Waals surface area contributed by atoms with Crippen LogP contribution in [0.1, 0.15) is 5.56 Å². The molecule has 1 fully saturated rings. The van der Waals surface area contributed by atoms with E-state index in [0.717, 1.165) is 35.3 Å². The largest absolute Gasteiger partial charge is 0.351 e. The Morgan fingerprint density at radius 1 is 1.39 bits per heavy atom. The summed E-state index contributed by atoms with van der Waals surface area (Å²) in [7, 11) is 0. The molecule has 0 unspecified atom stereocenters. The van der Waals surface area contributed by atoms with Crippen LogP contribution in [0.2, 0.25) is 5.02 Å². The molecular formula is C13H17ClN2OS. The summed E-state index contributed by atoms with van der Waals surface area (Å²) in [5.41, 5.74) is 1.07. The van der Waals surface area contributed by atoms with Crippen molar-refractivity contribution >= 4 is 29.3 Å². The molecule has 3 nitrogen and oxygen atoms in total. The standard InChI is InChI=1S/C13H17ClN2OS/c14-12-3-1-10(2-4-12)7-16-13(17)9-18-8-11-5-15-6-11/h1-4,11,15H,5-9H2,(H,16,17). The minimum Gasteiger partial charge on any atom is -0.351 e. The monoisotopic (exact) mass is 284 g/mol. The van der Waals surface area contributed by atoms with E-state index in [9.17, 15) is 4.79 Å². The Labute approximate surface area is 117 Å². The number of rotatable bonds is 6. The Bertz CT molecular complexity index is 392. The Morgan fingerprint density at radius 2 is 2.11 bits per heavy atom.